The van der Waals surface area contributed by atoms with Crippen LogP contribution < -0.4 is 10.5 Å². The molecule has 0 unspecified atom stereocenters. The number of ether oxygens (including phenoxy) is 1. The molecule has 0 amide bonds. The minimum atomic E-state index is -5.55. The summed E-state index contributed by atoms with van der Waals surface area (Å²) in [6.45, 7) is 1.43. The average molecular weight is 287 g/mol. The molecule has 0 heterocycles. The Morgan fingerprint density at radius 3 is 1.89 bits per heavy atom. The molecule has 0 bridgehead atoms. The molecule has 2 N–H and O–H groups in total. The number of nitrogens with two attached hydrogens (primary N) is 1. The van der Waals surface area contributed by atoms with Crippen LogP contribution in [0.1, 0.15) is 18.5 Å². The minimum absolute atomic E-state index is 0.0704. The van der Waals surface area contributed by atoms with E-state index in [1.807, 2.05) is 0 Å². The van der Waals surface area contributed by atoms with Crippen molar-refractivity contribution in [2.24, 2.45) is 5.73 Å². The summed E-state index contributed by atoms with van der Waals surface area (Å²) in [6, 6.07) is 4.29. The zero-order chi connectivity index (χ0) is 14.8. The molecule has 0 fully saturated rings. The van der Waals surface area contributed by atoms with Gasteiger partial charge in [0.2, 0.25) is 0 Å². The van der Waals surface area contributed by atoms with Gasteiger partial charge in [0.15, 0.2) is 0 Å². The van der Waals surface area contributed by atoms with E-state index in [4.69, 9.17) is 5.73 Å². The number of hydrogen-bond acceptors (Lipinski definition) is 2. The van der Waals surface area contributed by atoms with Gasteiger partial charge in [0.1, 0.15) is 5.75 Å². The highest BCUT2D eigenvalue weighted by Gasteiger charge is 2.59. The summed E-state index contributed by atoms with van der Waals surface area (Å²) >= 11 is 0. The summed E-state index contributed by atoms with van der Waals surface area (Å²) in [5.74, 6) is -0.530. The topological polar surface area (TPSA) is 35.2 Å². The molecule has 0 aliphatic heterocycles. The van der Waals surface area contributed by atoms with Crippen LogP contribution in [0.15, 0.2) is 24.3 Å². The lowest BCUT2D eigenvalue weighted by Crippen LogP contribution is -2.46. The number of hydrogen-bond donors (Lipinski definition) is 1. The van der Waals surface area contributed by atoms with Gasteiger partial charge in [0.05, 0.1) is 0 Å². The van der Waals surface area contributed by atoms with Crippen LogP contribution in [0.3, 0.4) is 0 Å². The van der Waals surface area contributed by atoms with Crippen molar-refractivity contribution in [1.82, 2.24) is 0 Å². The van der Waals surface area contributed by atoms with Crippen LogP contribution in [-0.4, -0.2) is 18.5 Å². The van der Waals surface area contributed by atoms with Gasteiger partial charge in [-0.3, -0.25) is 0 Å². The summed E-state index contributed by atoms with van der Waals surface area (Å²) in [5.41, 5.74) is 5.54. The molecule has 19 heavy (non-hydrogen) atoms. The first-order chi connectivity index (χ1) is 8.53. The number of rotatable bonds is 3. The highest BCUT2D eigenvalue weighted by Crippen LogP contribution is 2.37. The molecule has 2 nitrogen and oxygen atoms in total. The molecule has 1 atom stereocenters. The molecule has 1 aromatic carbocycles. The Labute approximate surface area is 105 Å². The van der Waals surface area contributed by atoms with E-state index < -0.39 is 30.2 Å². The predicted molar refractivity (Wildman–Crippen MR) is 55.6 cm³/mol. The zero-order valence-corrected chi connectivity index (χ0v) is 9.72. The standard InChI is InChI=1S/C11H11F6NO/c1-6(18)7-4-2-3-5-8(7)19-9(10(12,13)14)11(15,16)17/h2-6,9H,18H2,1H3/t6-/m0/s1. The van der Waals surface area contributed by atoms with E-state index in [0.717, 1.165) is 6.07 Å². The molecule has 1 aromatic rings. The highest BCUT2D eigenvalue weighted by molar-refractivity contribution is 5.35. The van der Waals surface area contributed by atoms with Crippen LogP contribution in [0, 0.1) is 0 Å². The molecule has 108 valence electrons. The van der Waals surface area contributed by atoms with Gasteiger partial charge in [-0.15, -0.1) is 0 Å². The van der Waals surface area contributed by atoms with E-state index in [0.29, 0.717) is 0 Å². The van der Waals surface area contributed by atoms with Crippen molar-refractivity contribution in [1.29, 1.82) is 0 Å². The fraction of sp³-hybridized carbons (Fsp3) is 0.455. The van der Waals surface area contributed by atoms with Crippen LogP contribution in [0.2, 0.25) is 0 Å². The van der Waals surface area contributed by atoms with E-state index in [2.05, 4.69) is 4.74 Å². The molecule has 1 rings (SSSR count). The second kappa shape index (κ2) is 5.28. The third kappa shape index (κ3) is 4.02. The average Bonchev–Trinajstić information content (AvgIpc) is 2.23. The molecular weight excluding hydrogens is 276 g/mol. The lowest BCUT2D eigenvalue weighted by atomic mass is 10.1. The van der Waals surface area contributed by atoms with E-state index in [-0.39, 0.29) is 5.56 Å². The molecule has 0 aliphatic rings. The van der Waals surface area contributed by atoms with E-state index >= 15 is 0 Å². The maximum absolute atomic E-state index is 12.4. The number of benzene rings is 1. The maximum atomic E-state index is 12.4. The largest absolute Gasteiger partial charge is 0.471 e. The Balaban J connectivity index is 3.11. The van der Waals surface area contributed by atoms with Gasteiger partial charge >= 0.3 is 12.4 Å². The Morgan fingerprint density at radius 2 is 1.47 bits per heavy atom. The number of alkyl halides is 6. The lowest BCUT2D eigenvalue weighted by Gasteiger charge is -2.25. The minimum Gasteiger partial charge on any atom is -0.471 e. The molecule has 0 aliphatic carbocycles. The first kappa shape index (κ1) is 15.6. The highest BCUT2D eigenvalue weighted by atomic mass is 19.4. The Hall–Kier alpha value is -1.44. The molecule has 0 saturated heterocycles. The quantitative estimate of drug-likeness (QED) is 0.862. The first-order valence-corrected chi connectivity index (χ1v) is 5.18. The predicted octanol–water partition coefficient (Wildman–Crippen LogP) is 3.58. The van der Waals surface area contributed by atoms with Gasteiger partial charge in [-0.1, -0.05) is 18.2 Å². The molecule has 0 radical (unpaired) electrons. The molecule has 0 saturated carbocycles. The van der Waals surface area contributed by atoms with Gasteiger partial charge < -0.3 is 10.5 Å². The normalized spacial score (nSPS) is 14.6. The van der Waals surface area contributed by atoms with E-state index in [9.17, 15) is 26.3 Å². The Bertz CT molecular complexity index is 412. The van der Waals surface area contributed by atoms with Gasteiger partial charge in [-0.2, -0.15) is 26.3 Å². The van der Waals surface area contributed by atoms with Gasteiger partial charge in [0.25, 0.3) is 6.10 Å². The summed E-state index contributed by atoms with van der Waals surface area (Å²) < 4.78 is 78.3. The monoisotopic (exact) mass is 287 g/mol. The van der Waals surface area contributed by atoms with Crippen LogP contribution in [0.25, 0.3) is 0 Å². The van der Waals surface area contributed by atoms with Crippen molar-refractivity contribution in [3.8, 4) is 5.75 Å². The van der Waals surface area contributed by atoms with Crippen LogP contribution in [-0.2, 0) is 0 Å². The lowest BCUT2D eigenvalue weighted by molar-refractivity contribution is -0.300. The Morgan fingerprint density at radius 1 is 1.00 bits per heavy atom. The van der Waals surface area contributed by atoms with Crippen molar-refractivity contribution < 1.29 is 31.1 Å². The second-order valence-electron chi connectivity index (χ2n) is 3.91. The van der Waals surface area contributed by atoms with Crippen molar-refractivity contribution in [3.05, 3.63) is 29.8 Å². The van der Waals surface area contributed by atoms with Gasteiger partial charge in [0, 0.05) is 11.6 Å². The van der Waals surface area contributed by atoms with Crippen molar-refractivity contribution in [3.63, 3.8) is 0 Å². The molecule has 0 spiro atoms. The summed E-state index contributed by atoms with van der Waals surface area (Å²) in [6.07, 6.45) is -15.0. The van der Waals surface area contributed by atoms with E-state index in [1.165, 1.54) is 25.1 Å². The Kier molecular flexibility index (Phi) is 4.34. The van der Waals surface area contributed by atoms with Crippen molar-refractivity contribution in [2.45, 2.75) is 31.4 Å². The fourth-order valence-electron chi connectivity index (χ4n) is 1.41. The third-order valence-corrected chi connectivity index (χ3v) is 2.25. The third-order valence-electron chi connectivity index (χ3n) is 2.25. The van der Waals surface area contributed by atoms with E-state index in [1.54, 1.807) is 0 Å². The zero-order valence-electron chi connectivity index (χ0n) is 9.72. The van der Waals surface area contributed by atoms with Crippen LogP contribution in [0.5, 0.6) is 5.75 Å². The SMILES string of the molecule is C[C@H](N)c1ccccc1OC(C(F)(F)F)C(F)(F)F. The maximum Gasteiger partial charge on any atom is 0.434 e. The van der Waals surface area contributed by atoms with Crippen molar-refractivity contribution >= 4 is 0 Å². The molecule has 8 heteroatoms. The van der Waals surface area contributed by atoms with Gasteiger partial charge in [-0.05, 0) is 13.0 Å². The number of para-hydroxylation sites is 1. The number of halogens is 6. The van der Waals surface area contributed by atoms with Crippen molar-refractivity contribution in [2.75, 3.05) is 0 Å². The van der Waals surface area contributed by atoms with Crippen LogP contribution >= 0.6 is 0 Å². The summed E-state index contributed by atoms with van der Waals surface area (Å²) in [7, 11) is 0. The van der Waals surface area contributed by atoms with Gasteiger partial charge in [-0.25, -0.2) is 0 Å². The second-order valence-corrected chi connectivity index (χ2v) is 3.91. The fourth-order valence-corrected chi connectivity index (χ4v) is 1.41. The molecule has 0 aromatic heterocycles. The summed E-state index contributed by atoms with van der Waals surface area (Å²) in [4.78, 5) is 0. The molecular formula is C11H11F6NO. The first-order valence-electron chi connectivity index (χ1n) is 5.18. The van der Waals surface area contributed by atoms with Crippen LogP contribution in [0.4, 0.5) is 26.3 Å². The smallest absolute Gasteiger partial charge is 0.434 e. The summed E-state index contributed by atoms with van der Waals surface area (Å²) in [5, 5.41) is 0.